The average molecular weight is 175 g/mol. The van der Waals surface area contributed by atoms with Gasteiger partial charge in [-0.3, -0.25) is 4.79 Å². The van der Waals surface area contributed by atoms with Gasteiger partial charge in [0.1, 0.15) is 0 Å². The van der Waals surface area contributed by atoms with Crippen LogP contribution in [0.1, 0.15) is 13.8 Å². The Morgan fingerprint density at radius 3 is 2.45 bits per heavy atom. The first kappa shape index (κ1) is 8.60. The molecule has 62 valence electrons. The summed E-state index contributed by atoms with van der Waals surface area (Å²) in [4.78, 5) is 10.6. The highest BCUT2D eigenvalue weighted by Crippen LogP contribution is 2.59. The minimum absolute atomic E-state index is 0.109. The van der Waals surface area contributed by atoms with Gasteiger partial charge in [0.25, 0.3) is 0 Å². The van der Waals surface area contributed by atoms with Gasteiger partial charge >= 0.3 is 5.97 Å². The Bertz CT molecular complexity index is 208. The van der Waals surface area contributed by atoms with E-state index in [0.29, 0.717) is 0 Å². The van der Waals surface area contributed by atoms with E-state index in [-0.39, 0.29) is 17.3 Å². The van der Waals surface area contributed by atoms with Crippen LogP contribution in [0.25, 0.3) is 0 Å². The third-order valence-electron chi connectivity index (χ3n) is 2.46. The third kappa shape index (κ3) is 1.27. The van der Waals surface area contributed by atoms with E-state index in [1.807, 2.05) is 13.8 Å². The fourth-order valence-corrected chi connectivity index (χ4v) is 1.74. The number of halogens is 1. The highest BCUT2D eigenvalue weighted by molar-refractivity contribution is 6.25. The second-order valence-corrected chi connectivity index (χ2v) is 3.73. The zero-order valence-electron chi connectivity index (χ0n) is 6.54. The lowest BCUT2D eigenvalue weighted by molar-refractivity contribution is -0.139. The van der Waals surface area contributed by atoms with Crippen molar-refractivity contribution in [1.82, 2.24) is 0 Å². The Morgan fingerprint density at radius 1 is 1.64 bits per heavy atom. The molecule has 1 aliphatic rings. The van der Waals surface area contributed by atoms with Gasteiger partial charge in [-0.2, -0.15) is 0 Å². The Hall–Kier alpha value is -0.500. The van der Waals surface area contributed by atoms with Crippen molar-refractivity contribution in [3.05, 3.63) is 11.6 Å². The van der Waals surface area contributed by atoms with Crippen molar-refractivity contribution in [3.63, 3.8) is 0 Å². The molecule has 3 heteroatoms. The van der Waals surface area contributed by atoms with Crippen LogP contribution in [0.3, 0.4) is 0 Å². The van der Waals surface area contributed by atoms with Gasteiger partial charge in [0.05, 0.1) is 5.92 Å². The Kier molecular flexibility index (Phi) is 1.97. The number of aliphatic carboxylic acids is 1. The van der Waals surface area contributed by atoms with E-state index in [4.69, 9.17) is 16.7 Å². The molecular weight excluding hydrogens is 164 g/mol. The molecule has 0 aromatic carbocycles. The summed E-state index contributed by atoms with van der Waals surface area (Å²) in [6, 6.07) is 0. The molecular formula is C8H11ClO2. The lowest BCUT2D eigenvalue weighted by Crippen LogP contribution is -2.02. The van der Waals surface area contributed by atoms with E-state index < -0.39 is 5.97 Å². The van der Waals surface area contributed by atoms with Crippen LogP contribution in [-0.4, -0.2) is 11.1 Å². The van der Waals surface area contributed by atoms with Gasteiger partial charge in [-0.1, -0.05) is 31.5 Å². The van der Waals surface area contributed by atoms with Crippen molar-refractivity contribution in [2.24, 2.45) is 17.3 Å². The van der Waals surface area contributed by atoms with Gasteiger partial charge in [-0.05, 0) is 11.3 Å². The number of hydrogen-bond acceptors (Lipinski definition) is 1. The van der Waals surface area contributed by atoms with Gasteiger partial charge in [0.2, 0.25) is 0 Å². The van der Waals surface area contributed by atoms with E-state index in [9.17, 15) is 4.79 Å². The van der Waals surface area contributed by atoms with Crippen molar-refractivity contribution in [2.75, 3.05) is 0 Å². The number of rotatable bonds is 2. The van der Waals surface area contributed by atoms with Crippen LogP contribution in [0.5, 0.6) is 0 Å². The van der Waals surface area contributed by atoms with Crippen LogP contribution in [0, 0.1) is 17.3 Å². The third-order valence-corrected chi connectivity index (χ3v) is 2.60. The summed E-state index contributed by atoms with van der Waals surface area (Å²) in [7, 11) is 0. The molecule has 1 aliphatic carbocycles. The molecule has 0 heterocycles. The summed E-state index contributed by atoms with van der Waals surface area (Å²) < 4.78 is 0. The lowest BCUT2D eigenvalue weighted by atomic mass is 10.1. The molecule has 2 nitrogen and oxygen atoms in total. The molecule has 0 bridgehead atoms. The number of carboxylic acid groups (broad SMARTS) is 1. The summed E-state index contributed by atoms with van der Waals surface area (Å²) in [6.07, 6.45) is 1.75. The quantitative estimate of drug-likeness (QED) is 0.696. The van der Waals surface area contributed by atoms with Gasteiger partial charge in [0.15, 0.2) is 0 Å². The minimum atomic E-state index is -0.727. The molecule has 0 aromatic heterocycles. The summed E-state index contributed by atoms with van der Waals surface area (Å²) >= 11 is 5.36. The molecule has 0 aromatic rings. The van der Waals surface area contributed by atoms with Gasteiger partial charge < -0.3 is 5.11 Å². The lowest BCUT2D eigenvalue weighted by Gasteiger charge is -1.95. The second kappa shape index (κ2) is 2.52. The first-order valence-corrected chi connectivity index (χ1v) is 3.95. The van der Waals surface area contributed by atoms with E-state index in [2.05, 4.69) is 0 Å². The van der Waals surface area contributed by atoms with Crippen LogP contribution in [0.2, 0.25) is 0 Å². The van der Waals surface area contributed by atoms with Crippen LogP contribution >= 0.6 is 11.6 Å². The fourth-order valence-electron chi connectivity index (χ4n) is 1.59. The largest absolute Gasteiger partial charge is 0.481 e. The first-order chi connectivity index (χ1) is 5.01. The zero-order chi connectivity index (χ0) is 8.65. The van der Waals surface area contributed by atoms with Gasteiger partial charge in [-0.15, -0.1) is 0 Å². The molecule has 0 saturated heterocycles. The molecule has 1 rings (SSSR count). The summed E-state index contributed by atoms with van der Waals surface area (Å²) in [5.41, 5.74) is 1.28. The Labute approximate surface area is 70.9 Å². The van der Waals surface area contributed by atoms with Crippen molar-refractivity contribution < 1.29 is 9.90 Å². The van der Waals surface area contributed by atoms with Crippen molar-refractivity contribution in [2.45, 2.75) is 13.8 Å². The molecule has 2 atom stereocenters. The Balaban J connectivity index is 2.68. The smallest absolute Gasteiger partial charge is 0.307 e. The maximum Gasteiger partial charge on any atom is 0.307 e. The highest BCUT2D eigenvalue weighted by atomic mass is 35.5. The monoisotopic (exact) mass is 174 g/mol. The minimum Gasteiger partial charge on any atom is -0.481 e. The van der Waals surface area contributed by atoms with E-state index in [0.717, 1.165) is 0 Å². The maximum atomic E-state index is 10.6. The molecule has 1 N–H and O–H groups in total. The second-order valence-electron chi connectivity index (χ2n) is 3.48. The van der Waals surface area contributed by atoms with Crippen molar-refractivity contribution >= 4 is 17.6 Å². The normalized spacial score (nSPS) is 34.1. The zero-order valence-corrected chi connectivity index (χ0v) is 7.30. The molecule has 1 saturated carbocycles. The van der Waals surface area contributed by atoms with Crippen molar-refractivity contribution in [1.29, 1.82) is 0 Å². The van der Waals surface area contributed by atoms with Gasteiger partial charge in [-0.25, -0.2) is 0 Å². The molecule has 1 fully saturated rings. The van der Waals surface area contributed by atoms with Crippen LogP contribution < -0.4 is 0 Å². The topological polar surface area (TPSA) is 37.3 Å². The first-order valence-electron chi connectivity index (χ1n) is 3.51. The van der Waals surface area contributed by atoms with Gasteiger partial charge in [0, 0.05) is 5.54 Å². The molecule has 0 radical (unpaired) electrons. The number of hydrogen-bond donors (Lipinski definition) is 1. The summed E-state index contributed by atoms with van der Waals surface area (Å²) in [5.74, 6) is -0.871. The number of allylic oxidation sites excluding steroid dienone is 1. The van der Waals surface area contributed by atoms with Crippen LogP contribution in [0.4, 0.5) is 0 Å². The van der Waals surface area contributed by atoms with E-state index >= 15 is 0 Å². The summed E-state index contributed by atoms with van der Waals surface area (Å²) in [6.45, 7) is 3.88. The maximum absolute atomic E-state index is 10.6. The fraction of sp³-hybridized carbons (Fsp3) is 0.625. The molecule has 11 heavy (non-hydrogen) atoms. The summed E-state index contributed by atoms with van der Waals surface area (Å²) in [5, 5.41) is 8.71. The molecule has 0 amide bonds. The molecule has 0 unspecified atom stereocenters. The predicted molar refractivity (Wildman–Crippen MR) is 43.4 cm³/mol. The van der Waals surface area contributed by atoms with Crippen molar-refractivity contribution in [3.8, 4) is 0 Å². The average Bonchev–Trinajstić information content (AvgIpc) is 2.35. The molecule has 0 spiro atoms. The van der Waals surface area contributed by atoms with Crippen LogP contribution in [-0.2, 0) is 4.79 Å². The van der Waals surface area contributed by atoms with E-state index in [1.165, 1.54) is 5.54 Å². The SMILES string of the molecule is CC1(C)[C@H](C=CCl)[C@@H]1C(=O)O. The predicted octanol–water partition coefficient (Wildman–Crippen LogP) is 2.10. The standard InChI is InChI=1S/C8H11ClO2/c1-8(2)5(3-4-9)6(8)7(10)11/h3-6H,1-2H3,(H,10,11)/t5-,6-/m1/s1. The number of carbonyl (C=O) groups is 1. The highest BCUT2D eigenvalue weighted by Gasteiger charge is 2.60. The number of carboxylic acids is 1. The molecule has 0 aliphatic heterocycles. The van der Waals surface area contributed by atoms with Crippen LogP contribution in [0.15, 0.2) is 11.6 Å². The van der Waals surface area contributed by atoms with E-state index in [1.54, 1.807) is 6.08 Å². The Morgan fingerprint density at radius 2 is 2.18 bits per heavy atom.